The number of nitrogens with one attached hydrogen (secondary N) is 1. The third kappa shape index (κ3) is 5.40. The number of urea groups is 1. The maximum atomic E-state index is 13.1. The van der Waals surface area contributed by atoms with Crippen molar-refractivity contribution in [2.45, 2.75) is 13.8 Å². The first-order valence-corrected chi connectivity index (χ1v) is 10.7. The third-order valence-electron chi connectivity index (χ3n) is 4.63. The van der Waals surface area contributed by atoms with Crippen LogP contribution in [0.5, 0.6) is 11.5 Å². The minimum Gasteiger partial charge on any atom is -0.493 e. The number of carbonyl (C=O) groups excluding carboxylic acids is 4. The molecule has 0 spiro atoms. The number of benzene rings is 2. The lowest BCUT2D eigenvalue weighted by atomic mass is 10.1. The largest absolute Gasteiger partial charge is 0.493 e. The Morgan fingerprint density at radius 3 is 2.45 bits per heavy atom. The summed E-state index contributed by atoms with van der Waals surface area (Å²) >= 11 is 3.37. The summed E-state index contributed by atoms with van der Waals surface area (Å²) in [6, 6.07) is 9.00. The molecule has 3 rings (SSSR count). The summed E-state index contributed by atoms with van der Waals surface area (Å²) in [6.07, 6.45) is 1.34. The van der Waals surface area contributed by atoms with Crippen molar-refractivity contribution >= 4 is 51.5 Å². The molecule has 2 aromatic rings. The van der Waals surface area contributed by atoms with E-state index in [2.05, 4.69) is 21.2 Å². The van der Waals surface area contributed by atoms with Crippen LogP contribution in [0, 0.1) is 6.92 Å². The number of aryl methyl sites for hydroxylation is 1. The van der Waals surface area contributed by atoms with E-state index in [1.807, 2.05) is 6.92 Å². The molecule has 33 heavy (non-hydrogen) atoms. The van der Waals surface area contributed by atoms with Crippen molar-refractivity contribution in [1.29, 1.82) is 0 Å². The minimum absolute atomic E-state index is 0.230. The highest BCUT2D eigenvalue weighted by atomic mass is 79.9. The fourth-order valence-electron chi connectivity index (χ4n) is 3.01. The predicted octanol–water partition coefficient (Wildman–Crippen LogP) is 3.37. The number of hydrogen-bond acceptors (Lipinski definition) is 7. The Bertz CT molecular complexity index is 1140. The Morgan fingerprint density at radius 1 is 1.12 bits per heavy atom. The molecule has 0 aliphatic carbocycles. The molecule has 1 saturated heterocycles. The second-order valence-corrected chi connectivity index (χ2v) is 7.77. The van der Waals surface area contributed by atoms with Crippen LogP contribution in [-0.4, -0.2) is 44.1 Å². The molecule has 0 aromatic heterocycles. The fraction of sp³-hybridized carbons (Fsp3) is 0.217. The van der Waals surface area contributed by atoms with Gasteiger partial charge in [-0.1, -0.05) is 33.6 Å². The molecular formula is C23H21BrN2O7. The number of barbiturate groups is 1. The molecular weight excluding hydrogens is 496 g/mol. The number of halogens is 1. The maximum Gasteiger partial charge on any atom is 0.344 e. The standard InChI is InChI=1S/C23H21BrN2O7/c1-4-32-20(27)12-33-19-11-17(24)14(10-18(19)31-3)9-16-21(28)25-23(30)26(22(16)29)15-7-5-13(2)6-8-15/h5-11H,4,12H2,1-3H3,(H,25,28,30)/b16-9-. The molecule has 10 heteroatoms. The van der Waals surface area contributed by atoms with Crippen LogP contribution in [0.4, 0.5) is 10.5 Å². The summed E-state index contributed by atoms with van der Waals surface area (Å²) in [6.45, 7) is 3.48. The van der Waals surface area contributed by atoms with E-state index in [-0.39, 0.29) is 30.3 Å². The quantitative estimate of drug-likeness (QED) is 0.341. The number of hydrogen-bond donors (Lipinski definition) is 1. The van der Waals surface area contributed by atoms with Crippen LogP contribution in [-0.2, 0) is 19.1 Å². The van der Waals surface area contributed by atoms with Gasteiger partial charge in [-0.15, -0.1) is 0 Å². The molecule has 1 heterocycles. The molecule has 1 N–H and O–H groups in total. The summed E-state index contributed by atoms with van der Waals surface area (Å²) < 4.78 is 16.1. The van der Waals surface area contributed by atoms with Gasteiger partial charge in [-0.05, 0) is 49.8 Å². The van der Waals surface area contributed by atoms with E-state index in [1.54, 1.807) is 37.3 Å². The number of esters is 1. The van der Waals surface area contributed by atoms with Crippen molar-refractivity contribution < 1.29 is 33.4 Å². The number of imide groups is 2. The SMILES string of the molecule is CCOC(=O)COc1cc(Br)c(/C=C2/C(=O)NC(=O)N(c3ccc(C)cc3)C2=O)cc1OC. The highest BCUT2D eigenvalue weighted by Gasteiger charge is 2.37. The lowest BCUT2D eigenvalue weighted by Crippen LogP contribution is -2.54. The molecule has 9 nitrogen and oxygen atoms in total. The number of nitrogens with zero attached hydrogens (tertiary/aromatic N) is 1. The maximum absolute atomic E-state index is 13.1. The van der Waals surface area contributed by atoms with Gasteiger partial charge in [0.05, 0.1) is 19.4 Å². The molecule has 0 bridgehead atoms. The van der Waals surface area contributed by atoms with Crippen molar-refractivity contribution in [2.24, 2.45) is 0 Å². The van der Waals surface area contributed by atoms with Crippen LogP contribution in [0.2, 0.25) is 0 Å². The molecule has 0 radical (unpaired) electrons. The Hall–Kier alpha value is -3.66. The normalized spacial score (nSPS) is 14.8. The Balaban J connectivity index is 1.94. The van der Waals surface area contributed by atoms with Gasteiger partial charge < -0.3 is 14.2 Å². The van der Waals surface area contributed by atoms with Crippen LogP contribution >= 0.6 is 15.9 Å². The zero-order valence-corrected chi connectivity index (χ0v) is 19.7. The van der Waals surface area contributed by atoms with E-state index >= 15 is 0 Å². The second-order valence-electron chi connectivity index (χ2n) is 6.91. The molecule has 0 unspecified atom stereocenters. The van der Waals surface area contributed by atoms with Gasteiger partial charge in [0, 0.05) is 4.47 Å². The number of amides is 4. The van der Waals surface area contributed by atoms with Crippen molar-refractivity contribution in [3.63, 3.8) is 0 Å². The molecule has 1 aliphatic heterocycles. The van der Waals surface area contributed by atoms with Gasteiger partial charge in [-0.2, -0.15) is 0 Å². The van der Waals surface area contributed by atoms with E-state index in [1.165, 1.54) is 19.3 Å². The van der Waals surface area contributed by atoms with Gasteiger partial charge >= 0.3 is 12.0 Å². The number of rotatable bonds is 7. The smallest absolute Gasteiger partial charge is 0.344 e. The van der Waals surface area contributed by atoms with Crippen molar-refractivity contribution in [2.75, 3.05) is 25.2 Å². The lowest BCUT2D eigenvalue weighted by molar-refractivity contribution is -0.145. The molecule has 0 atom stereocenters. The monoisotopic (exact) mass is 516 g/mol. The number of methoxy groups -OCH3 is 1. The van der Waals surface area contributed by atoms with Crippen LogP contribution < -0.4 is 19.7 Å². The van der Waals surface area contributed by atoms with E-state index in [0.29, 0.717) is 15.7 Å². The molecule has 172 valence electrons. The highest BCUT2D eigenvalue weighted by molar-refractivity contribution is 9.10. The highest BCUT2D eigenvalue weighted by Crippen LogP contribution is 2.35. The van der Waals surface area contributed by atoms with Gasteiger partial charge in [-0.3, -0.25) is 14.9 Å². The van der Waals surface area contributed by atoms with Crippen molar-refractivity contribution in [3.05, 3.63) is 57.6 Å². The van der Waals surface area contributed by atoms with Crippen LogP contribution in [0.3, 0.4) is 0 Å². The summed E-state index contributed by atoms with van der Waals surface area (Å²) in [5, 5.41) is 2.18. The second kappa shape index (κ2) is 10.3. The fourth-order valence-corrected chi connectivity index (χ4v) is 3.45. The molecule has 2 aromatic carbocycles. The number of anilines is 1. The van der Waals surface area contributed by atoms with Gasteiger partial charge in [0.25, 0.3) is 11.8 Å². The van der Waals surface area contributed by atoms with Crippen LogP contribution in [0.25, 0.3) is 6.08 Å². The van der Waals surface area contributed by atoms with Crippen LogP contribution in [0.1, 0.15) is 18.1 Å². The molecule has 4 amide bonds. The average Bonchev–Trinajstić information content (AvgIpc) is 2.77. The van der Waals surface area contributed by atoms with Crippen LogP contribution in [0.15, 0.2) is 46.4 Å². The summed E-state index contributed by atoms with van der Waals surface area (Å²) in [4.78, 5) is 50.3. The topological polar surface area (TPSA) is 111 Å². The summed E-state index contributed by atoms with van der Waals surface area (Å²) in [5.74, 6) is -1.59. The number of ether oxygens (including phenoxy) is 3. The molecule has 1 aliphatic rings. The predicted molar refractivity (Wildman–Crippen MR) is 123 cm³/mol. The van der Waals surface area contributed by atoms with Crippen molar-refractivity contribution in [3.8, 4) is 11.5 Å². The van der Waals surface area contributed by atoms with Gasteiger partial charge in [0.1, 0.15) is 5.57 Å². The minimum atomic E-state index is -0.828. The van der Waals surface area contributed by atoms with Gasteiger partial charge in [0.15, 0.2) is 18.1 Å². The van der Waals surface area contributed by atoms with E-state index in [0.717, 1.165) is 10.5 Å². The Kier molecular flexibility index (Phi) is 7.49. The van der Waals surface area contributed by atoms with E-state index in [4.69, 9.17) is 14.2 Å². The summed E-state index contributed by atoms with van der Waals surface area (Å²) in [7, 11) is 1.41. The van der Waals surface area contributed by atoms with Crippen molar-refractivity contribution in [1.82, 2.24) is 5.32 Å². The first kappa shape index (κ1) is 24.0. The van der Waals surface area contributed by atoms with Gasteiger partial charge in [-0.25, -0.2) is 14.5 Å². The van der Waals surface area contributed by atoms with E-state index < -0.39 is 23.8 Å². The molecule has 1 fully saturated rings. The number of carbonyl (C=O) groups is 4. The summed E-state index contributed by atoms with van der Waals surface area (Å²) in [5.41, 5.74) is 1.47. The third-order valence-corrected chi connectivity index (χ3v) is 5.31. The first-order chi connectivity index (χ1) is 15.7. The zero-order valence-electron chi connectivity index (χ0n) is 18.1. The average molecular weight is 517 g/mol. The Labute approximate surface area is 198 Å². The zero-order chi connectivity index (χ0) is 24.1. The van der Waals surface area contributed by atoms with Gasteiger partial charge in [0.2, 0.25) is 0 Å². The van der Waals surface area contributed by atoms with E-state index in [9.17, 15) is 19.2 Å². The first-order valence-electron chi connectivity index (χ1n) is 9.89. The lowest BCUT2D eigenvalue weighted by Gasteiger charge is -2.26. The Morgan fingerprint density at radius 2 is 1.82 bits per heavy atom. The molecule has 0 saturated carbocycles.